The molecule has 0 rings (SSSR count). The molecule has 0 radical (unpaired) electrons. The van der Waals surface area contributed by atoms with Crippen molar-refractivity contribution in [2.24, 2.45) is 0 Å². The van der Waals surface area contributed by atoms with Gasteiger partial charge in [-0.1, -0.05) is 0 Å². The Morgan fingerprint density at radius 3 is 1.08 bits per heavy atom. The minimum atomic E-state index is -1.08. The predicted molar refractivity (Wildman–Crippen MR) is 45.7 cm³/mol. The molecule has 0 heterocycles. The van der Waals surface area contributed by atoms with Crippen molar-refractivity contribution in [3.63, 3.8) is 0 Å². The molecule has 0 aliphatic rings. The molecule has 12 heavy (non-hydrogen) atoms. The summed E-state index contributed by atoms with van der Waals surface area (Å²) in [6.45, 7) is 0. The molecule has 0 amide bonds. The van der Waals surface area contributed by atoms with Gasteiger partial charge in [0.05, 0.1) is 12.8 Å². The van der Waals surface area contributed by atoms with E-state index < -0.39 is 11.9 Å². The molecule has 0 fully saturated rings. The van der Waals surface area contributed by atoms with Crippen LogP contribution in [0.25, 0.3) is 0 Å². The van der Waals surface area contributed by atoms with Crippen LogP contribution < -0.4 is 0 Å². The third kappa shape index (κ3) is 34.6. The zero-order valence-corrected chi connectivity index (χ0v) is 7.75. The van der Waals surface area contributed by atoms with Crippen LogP contribution in [-0.4, -0.2) is 38.6 Å². The van der Waals surface area contributed by atoms with Gasteiger partial charge in [0.15, 0.2) is 0 Å². The van der Waals surface area contributed by atoms with Crippen molar-refractivity contribution in [2.75, 3.05) is 0 Å². The lowest BCUT2D eigenvalue weighted by Gasteiger charge is -1.85. The Morgan fingerprint density at radius 1 is 0.833 bits per heavy atom. The standard InChI is InChI=1S/C4H6O4.BrH.3H2O/c5-3(6)1-2-4(7)8;;;;/h1-2H2,(H,5,6)(H,7,8);1H;3*1H2. The maximum absolute atomic E-state index is 9.64. The van der Waals surface area contributed by atoms with Crippen molar-refractivity contribution in [2.45, 2.75) is 12.8 Å². The molecule has 0 saturated heterocycles. The van der Waals surface area contributed by atoms with Gasteiger partial charge in [-0.05, 0) is 0 Å². The van der Waals surface area contributed by atoms with Crippen LogP contribution in [0.5, 0.6) is 0 Å². The van der Waals surface area contributed by atoms with Crippen molar-refractivity contribution in [3.05, 3.63) is 0 Å². The van der Waals surface area contributed by atoms with Crippen molar-refractivity contribution in [1.82, 2.24) is 0 Å². The van der Waals surface area contributed by atoms with Crippen molar-refractivity contribution in [1.29, 1.82) is 0 Å². The molecule has 0 saturated carbocycles. The summed E-state index contributed by atoms with van der Waals surface area (Å²) in [6.07, 6.45) is -0.593. The van der Waals surface area contributed by atoms with E-state index in [4.69, 9.17) is 10.2 Å². The summed E-state index contributed by atoms with van der Waals surface area (Å²) in [5.41, 5.74) is 0. The van der Waals surface area contributed by atoms with E-state index >= 15 is 0 Å². The number of halogens is 1. The van der Waals surface area contributed by atoms with Gasteiger partial charge in [0.1, 0.15) is 0 Å². The highest BCUT2D eigenvalue weighted by atomic mass is 79.9. The molecule has 8 N–H and O–H groups in total. The van der Waals surface area contributed by atoms with E-state index in [9.17, 15) is 9.59 Å². The fourth-order valence-electron chi connectivity index (χ4n) is 0.214. The van der Waals surface area contributed by atoms with E-state index in [0.717, 1.165) is 0 Å². The highest BCUT2D eigenvalue weighted by Crippen LogP contribution is 1.85. The summed E-state index contributed by atoms with van der Waals surface area (Å²) in [7, 11) is 0. The number of carboxylic acid groups (broad SMARTS) is 2. The smallest absolute Gasteiger partial charge is 0.303 e. The van der Waals surface area contributed by atoms with Gasteiger partial charge in [-0.3, -0.25) is 9.59 Å². The summed E-state index contributed by atoms with van der Waals surface area (Å²) in [6, 6.07) is 0. The largest absolute Gasteiger partial charge is 0.481 e. The maximum atomic E-state index is 9.64. The first kappa shape index (κ1) is 30.2. The summed E-state index contributed by atoms with van der Waals surface area (Å²) in [5, 5.41) is 15.8. The maximum Gasteiger partial charge on any atom is 0.303 e. The number of carbonyl (C=O) groups is 2. The van der Waals surface area contributed by atoms with Gasteiger partial charge < -0.3 is 26.6 Å². The van der Waals surface area contributed by atoms with E-state index in [1.807, 2.05) is 0 Å². The summed E-state index contributed by atoms with van der Waals surface area (Å²) < 4.78 is 0. The van der Waals surface area contributed by atoms with E-state index in [2.05, 4.69) is 0 Å². The molecular weight excluding hydrogens is 240 g/mol. The quantitative estimate of drug-likeness (QED) is 0.595. The van der Waals surface area contributed by atoms with Crippen LogP contribution in [-0.2, 0) is 9.59 Å². The summed E-state index contributed by atoms with van der Waals surface area (Å²) >= 11 is 0. The van der Waals surface area contributed by atoms with Gasteiger partial charge in [0.2, 0.25) is 0 Å². The average molecular weight is 253 g/mol. The van der Waals surface area contributed by atoms with E-state index in [1.54, 1.807) is 0 Å². The lowest BCUT2D eigenvalue weighted by Crippen LogP contribution is -2.00. The molecular formula is C4H13BrO7. The molecule has 7 nitrogen and oxygen atoms in total. The highest BCUT2D eigenvalue weighted by molar-refractivity contribution is 8.93. The highest BCUT2D eigenvalue weighted by Gasteiger charge is 2.00. The van der Waals surface area contributed by atoms with Gasteiger partial charge in [-0.25, -0.2) is 0 Å². The topological polar surface area (TPSA) is 169 Å². The number of rotatable bonds is 3. The van der Waals surface area contributed by atoms with Crippen molar-refractivity contribution in [3.8, 4) is 0 Å². The molecule has 0 atom stereocenters. The zero-order valence-electron chi connectivity index (χ0n) is 6.03. The first-order valence-corrected chi connectivity index (χ1v) is 2.06. The fraction of sp³-hybridized carbons (Fsp3) is 0.500. The van der Waals surface area contributed by atoms with E-state index in [0.29, 0.717) is 0 Å². The second kappa shape index (κ2) is 16.7. The van der Waals surface area contributed by atoms with Gasteiger partial charge in [-0.2, -0.15) is 0 Å². The predicted octanol–water partition coefficient (Wildman–Crippen LogP) is -1.96. The van der Waals surface area contributed by atoms with Crippen LogP contribution in [0.1, 0.15) is 12.8 Å². The molecule has 0 unspecified atom stereocenters. The van der Waals surface area contributed by atoms with Crippen LogP contribution >= 0.6 is 17.0 Å². The number of hydrogen-bond donors (Lipinski definition) is 2. The fourth-order valence-corrected chi connectivity index (χ4v) is 0.214. The van der Waals surface area contributed by atoms with Crippen LogP contribution in [0, 0.1) is 0 Å². The number of aliphatic carboxylic acids is 2. The van der Waals surface area contributed by atoms with E-state index in [1.165, 1.54) is 0 Å². The molecule has 0 spiro atoms. The first-order valence-electron chi connectivity index (χ1n) is 2.06. The Labute approximate surface area is 78.7 Å². The molecule has 0 aromatic rings. The summed E-state index contributed by atoms with van der Waals surface area (Å²) in [5.74, 6) is -2.15. The molecule has 0 aliphatic heterocycles. The second-order valence-electron chi connectivity index (χ2n) is 1.29. The minimum absolute atomic E-state index is 0. The molecule has 0 aliphatic carbocycles. The normalized spacial score (nSPS) is 5.67. The number of carboxylic acids is 2. The minimum Gasteiger partial charge on any atom is -0.481 e. The monoisotopic (exact) mass is 252 g/mol. The lowest BCUT2D eigenvalue weighted by molar-refractivity contribution is -0.143. The zero-order chi connectivity index (χ0) is 6.57. The third-order valence-electron chi connectivity index (χ3n) is 0.553. The van der Waals surface area contributed by atoms with Gasteiger partial charge >= 0.3 is 11.9 Å². The Morgan fingerprint density at radius 2 is 1.00 bits per heavy atom. The Bertz CT molecular complexity index is 100.0. The van der Waals surface area contributed by atoms with Crippen molar-refractivity contribution < 1.29 is 36.2 Å². The Hall–Kier alpha value is -0.700. The lowest BCUT2D eigenvalue weighted by atomic mass is 10.3. The Kier molecular flexibility index (Phi) is 42.1. The van der Waals surface area contributed by atoms with Gasteiger partial charge in [-0.15, -0.1) is 17.0 Å². The van der Waals surface area contributed by atoms with Crippen LogP contribution in [0.15, 0.2) is 0 Å². The molecule has 0 bridgehead atoms. The van der Waals surface area contributed by atoms with E-state index in [-0.39, 0.29) is 46.3 Å². The average Bonchev–Trinajstić information content (AvgIpc) is 1.61. The van der Waals surface area contributed by atoms with Gasteiger partial charge in [0.25, 0.3) is 0 Å². The van der Waals surface area contributed by atoms with Crippen LogP contribution in [0.4, 0.5) is 0 Å². The van der Waals surface area contributed by atoms with Crippen LogP contribution in [0.3, 0.4) is 0 Å². The van der Waals surface area contributed by atoms with Crippen LogP contribution in [0.2, 0.25) is 0 Å². The molecule has 0 aromatic heterocycles. The third-order valence-corrected chi connectivity index (χ3v) is 0.553. The molecule has 8 heteroatoms. The summed E-state index contributed by atoms with van der Waals surface area (Å²) in [4.78, 5) is 19.3. The second-order valence-corrected chi connectivity index (χ2v) is 1.29. The van der Waals surface area contributed by atoms with Crippen molar-refractivity contribution >= 4 is 28.9 Å². The first-order chi connectivity index (χ1) is 3.63. The number of hydrogen-bond acceptors (Lipinski definition) is 2. The van der Waals surface area contributed by atoms with Gasteiger partial charge in [0, 0.05) is 0 Å². The molecule has 0 aromatic carbocycles. The Balaban J connectivity index is -0.0000000408. The SMILES string of the molecule is Br.O.O.O.O=C(O)CCC(=O)O. The molecule has 78 valence electrons.